The van der Waals surface area contributed by atoms with Crippen molar-refractivity contribution in [3.05, 3.63) is 64.2 Å². The summed E-state index contributed by atoms with van der Waals surface area (Å²) in [5, 5.41) is 6.47. The highest BCUT2D eigenvalue weighted by atomic mass is 35.5. The monoisotopic (exact) mass is 392 g/mol. The Morgan fingerprint density at radius 3 is 2.81 bits per heavy atom. The highest BCUT2D eigenvalue weighted by Gasteiger charge is 2.24. The molecule has 0 aliphatic heterocycles. The van der Waals surface area contributed by atoms with Gasteiger partial charge in [0.25, 0.3) is 0 Å². The largest absolute Gasteiger partial charge is 0.334 e. The van der Waals surface area contributed by atoms with Gasteiger partial charge in [0.1, 0.15) is 0 Å². The molecule has 3 rings (SSSR count). The molecule has 0 aromatic heterocycles. The van der Waals surface area contributed by atoms with Gasteiger partial charge in [-0.2, -0.15) is 0 Å². The average molecular weight is 393 g/mol. The van der Waals surface area contributed by atoms with Crippen LogP contribution in [0.25, 0.3) is 0 Å². The second-order valence-electron chi connectivity index (χ2n) is 6.31. The van der Waals surface area contributed by atoms with Gasteiger partial charge in [0.15, 0.2) is 9.84 Å². The standard InChI is InChI=1S/C19H21ClN2O3S/c1-2-26(24,25)16-5-3-4-13(10-16)12-21-19(23)22-18-9-6-14-11-15(20)7-8-17(14)18/h3-5,7-8,10-11,18H,2,6,9,12H2,1H3,(H2,21,22,23)/t18-/m1/s1. The minimum Gasteiger partial charge on any atom is -0.334 e. The van der Waals surface area contributed by atoms with Crippen molar-refractivity contribution in [3.8, 4) is 0 Å². The fourth-order valence-electron chi connectivity index (χ4n) is 3.14. The van der Waals surface area contributed by atoms with Crippen molar-refractivity contribution < 1.29 is 13.2 Å². The highest BCUT2D eigenvalue weighted by molar-refractivity contribution is 7.91. The van der Waals surface area contributed by atoms with Crippen LogP contribution < -0.4 is 10.6 Å². The molecule has 0 radical (unpaired) electrons. The van der Waals surface area contributed by atoms with Gasteiger partial charge in [0.05, 0.1) is 16.7 Å². The molecule has 1 aliphatic carbocycles. The van der Waals surface area contributed by atoms with E-state index in [0.29, 0.717) is 5.02 Å². The molecule has 2 N–H and O–H groups in total. The van der Waals surface area contributed by atoms with Gasteiger partial charge in [-0.25, -0.2) is 13.2 Å². The summed E-state index contributed by atoms with van der Waals surface area (Å²) in [5.41, 5.74) is 3.01. The molecule has 0 saturated carbocycles. The van der Waals surface area contributed by atoms with Crippen LogP contribution in [0, 0.1) is 0 Å². The summed E-state index contributed by atoms with van der Waals surface area (Å²) in [4.78, 5) is 12.5. The molecule has 0 bridgehead atoms. The molecule has 1 aliphatic rings. The van der Waals surface area contributed by atoms with E-state index in [4.69, 9.17) is 11.6 Å². The topological polar surface area (TPSA) is 75.3 Å². The van der Waals surface area contributed by atoms with E-state index >= 15 is 0 Å². The molecule has 1 atom stereocenters. The summed E-state index contributed by atoms with van der Waals surface area (Å²) in [5.74, 6) is 0.0511. The molecule has 2 aromatic carbocycles. The Kier molecular flexibility index (Phi) is 5.53. The van der Waals surface area contributed by atoms with Gasteiger partial charge >= 0.3 is 6.03 Å². The fourth-order valence-corrected chi connectivity index (χ4v) is 4.29. The predicted molar refractivity (Wildman–Crippen MR) is 102 cm³/mol. The van der Waals surface area contributed by atoms with E-state index in [2.05, 4.69) is 10.6 Å². The molecule has 0 heterocycles. The van der Waals surface area contributed by atoms with Crippen LogP contribution >= 0.6 is 11.6 Å². The van der Waals surface area contributed by atoms with Crippen LogP contribution in [0.4, 0.5) is 4.79 Å². The summed E-state index contributed by atoms with van der Waals surface area (Å²) < 4.78 is 23.9. The van der Waals surface area contributed by atoms with Gasteiger partial charge in [-0.15, -0.1) is 0 Å². The lowest BCUT2D eigenvalue weighted by Crippen LogP contribution is -2.36. The molecule has 26 heavy (non-hydrogen) atoms. The van der Waals surface area contributed by atoms with E-state index in [1.54, 1.807) is 31.2 Å². The average Bonchev–Trinajstić information content (AvgIpc) is 3.02. The Bertz CT molecular complexity index is 928. The summed E-state index contributed by atoms with van der Waals surface area (Å²) >= 11 is 6.01. The van der Waals surface area contributed by atoms with Crippen LogP contribution in [0.2, 0.25) is 5.02 Å². The minimum atomic E-state index is -3.25. The van der Waals surface area contributed by atoms with E-state index in [1.165, 1.54) is 5.56 Å². The Morgan fingerprint density at radius 2 is 2.04 bits per heavy atom. The summed E-state index contributed by atoms with van der Waals surface area (Å²) in [7, 11) is -3.25. The lowest BCUT2D eigenvalue weighted by molar-refractivity contribution is 0.236. The maximum absolute atomic E-state index is 12.2. The summed E-state index contributed by atoms with van der Waals surface area (Å²) in [6.07, 6.45) is 1.73. The number of hydrogen-bond donors (Lipinski definition) is 2. The van der Waals surface area contributed by atoms with Crippen LogP contribution in [-0.4, -0.2) is 20.2 Å². The Labute approximate surface area is 158 Å². The third-order valence-electron chi connectivity index (χ3n) is 4.58. The first kappa shape index (κ1) is 18.7. The Morgan fingerprint density at radius 1 is 1.23 bits per heavy atom. The van der Waals surface area contributed by atoms with Gasteiger partial charge in [-0.05, 0) is 53.8 Å². The maximum Gasteiger partial charge on any atom is 0.315 e. The third kappa shape index (κ3) is 4.19. The van der Waals surface area contributed by atoms with E-state index < -0.39 is 9.84 Å². The molecular formula is C19H21ClN2O3S. The zero-order valence-corrected chi connectivity index (χ0v) is 16.0. The number of rotatable bonds is 5. The summed E-state index contributed by atoms with van der Waals surface area (Å²) in [6, 6.07) is 12.1. The van der Waals surface area contributed by atoms with Crippen molar-refractivity contribution in [2.45, 2.75) is 37.2 Å². The van der Waals surface area contributed by atoms with Crippen molar-refractivity contribution in [1.82, 2.24) is 10.6 Å². The van der Waals surface area contributed by atoms with Crippen molar-refractivity contribution in [3.63, 3.8) is 0 Å². The number of benzene rings is 2. The Hall–Kier alpha value is -2.05. The number of nitrogens with one attached hydrogen (secondary N) is 2. The number of fused-ring (bicyclic) bond motifs is 1. The summed E-state index contributed by atoms with van der Waals surface area (Å²) in [6.45, 7) is 1.87. The molecule has 0 spiro atoms. The highest BCUT2D eigenvalue weighted by Crippen LogP contribution is 2.32. The molecular weight excluding hydrogens is 372 g/mol. The first-order valence-electron chi connectivity index (χ1n) is 8.53. The second-order valence-corrected chi connectivity index (χ2v) is 9.03. The van der Waals surface area contributed by atoms with Crippen molar-refractivity contribution >= 4 is 27.5 Å². The molecule has 2 aromatic rings. The fraction of sp³-hybridized carbons (Fsp3) is 0.316. The van der Waals surface area contributed by atoms with E-state index in [0.717, 1.165) is 24.0 Å². The molecule has 138 valence electrons. The van der Waals surface area contributed by atoms with Crippen LogP contribution in [0.1, 0.15) is 36.1 Å². The number of carbonyl (C=O) groups excluding carboxylic acids is 1. The molecule has 0 fully saturated rings. The lowest BCUT2D eigenvalue weighted by atomic mass is 10.1. The number of hydrogen-bond acceptors (Lipinski definition) is 3. The number of sulfone groups is 1. The first-order chi connectivity index (χ1) is 12.4. The Balaban J connectivity index is 1.60. The van der Waals surface area contributed by atoms with Crippen LogP contribution in [0.3, 0.4) is 0 Å². The third-order valence-corrected chi connectivity index (χ3v) is 6.55. The van der Waals surface area contributed by atoms with E-state index in [9.17, 15) is 13.2 Å². The zero-order valence-electron chi connectivity index (χ0n) is 14.5. The zero-order chi connectivity index (χ0) is 18.7. The molecule has 5 nitrogen and oxygen atoms in total. The first-order valence-corrected chi connectivity index (χ1v) is 10.6. The van der Waals surface area contributed by atoms with Crippen LogP contribution in [0.15, 0.2) is 47.4 Å². The molecule has 7 heteroatoms. The van der Waals surface area contributed by atoms with Gasteiger partial charge in [-0.1, -0.05) is 36.7 Å². The van der Waals surface area contributed by atoms with Gasteiger partial charge in [-0.3, -0.25) is 0 Å². The number of halogens is 1. The van der Waals surface area contributed by atoms with Gasteiger partial charge in [0.2, 0.25) is 0 Å². The van der Waals surface area contributed by atoms with Crippen LogP contribution in [-0.2, 0) is 22.8 Å². The number of carbonyl (C=O) groups is 1. The molecule has 0 saturated heterocycles. The number of aryl methyl sites for hydroxylation is 1. The van der Waals surface area contributed by atoms with E-state index in [1.807, 2.05) is 18.2 Å². The van der Waals surface area contributed by atoms with Gasteiger partial charge < -0.3 is 10.6 Å². The normalized spacial score (nSPS) is 16.2. The SMILES string of the molecule is CCS(=O)(=O)c1cccc(CNC(=O)N[C@@H]2CCc3cc(Cl)ccc32)c1. The number of amides is 2. The van der Waals surface area contributed by atoms with Crippen LogP contribution in [0.5, 0.6) is 0 Å². The second kappa shape index (κ2) is 7.68. The van der Waals surface area contributed by atoms with Crippen molar-refractivity contribution in [2.75, 3.05) is 5.75 Å². The number of urea groups is 1. The van der Waals surface area contributed by atoms with E-state index in [-0.39, 0.29) is 29.3 Å². The maximum atomic E-state index is 12.2. The van der Waals surface area contributed by atoms with Crippen molar-refractivity contribution in [2.24, 2.45) is 0 Å². The molecule has 2 amide bonds. The quantitative estimate of drug-likeness (QED) is 0.815. The smallest absolute Gasteiger partial charge is 0.315 e. The lowest BCUT2D eigenvalue weighted by Gasteiger charge is -2.15. The van der Waals surface area contributed by atoms with Gasteiger partial charge in [0, 0.05) is 11.6 Å². The minimum absolute atomic E-state index is 0.0333. The predicted octanol–water partition coefficient (Wildman–Crippen LogP) is 3.62. The van der Waals surface area contributed by atoms with Crippen molar-refractivity contribution in [1.29, 1.82) is 0 Å². The molecule has 0 unspecified atom stereocenters.